The summed E-state index contributed by atoms with van der Waals surface area (Å²) in [5.74, 6) is -0.383. The van der Waals surface area contributed by atoms with Crippen molar-refractivity contribution in [2.45, 2.75) is 25.8 Å². The molecule has 0 spiro atoms. The van der Waals surface area contributed by atoms with Gasteiger partial charge in [0.05, 0.1) is 11.4 Å². The lowest BCUT2D eigenvalue weighted by Crippen LogP contribution is -2.26. The highest BCUT2D eigenvalue weighted by Crippen LogP contribution is 2.27. The topological polar surface area (TPSA) is 70.7 Å². The van der Waals surface area contributed by atoms with Gasteiger partial charge in [0.1, 0.15) is 16.8 Å². The summed E-state index contributed by atoms with van der Waals surface area (Å²) in [6.45, 7) is 1.77. The largest absolute Gasteiger partial charge is 0.349 e. The molecule has 1 fully saturated rings. The number of nitrogens with one attached hydrogen (secondary N) is 1. The SMILES string of the molecule is Cc1nn(-c2cccc(Cl)c2)c(Cl)c1/C=C(\C#N)C(=O)NC1CC1. The maximum atomic E-state index is 12.1. The molecule has 0 unspecified atom stereocenters. The number of rotatable bonds is 4. The molecule has 0 bridgehead atoms. The predicted octanol–water partition coefficient (Wildman–Crippen LogP) is 3.67. The van der Waals surface area contributed by atoms with Crippen molar-refractivity contribution in [2.24, 2.45) is 0 Å². The first-order valence-electron chi connectivity index (χ1n) is 7.43. The quantitative estimate of drug-likeness (QED) is 0.667. The standard InChI is InChI=1S/C17H14Cl2N4O/c1-10-15(7-11(9-20)17(24)21-13-5-6-13)16(19)23(22-10)14-4-2-3-12(18)8-14/h2-4,7-8,13H,5-6H2,1H3,(H,21,24)/b11-7+. The monoisotopic (exact) mass is 360 g/mol. The van der Waals surface area contributed by atoms with Crippen LogP contribution in [0.5, 0.6) is 0 Å². The normalized spacial score (nSPS) is 14.3. The van der Waals surface area contributed by atoms with E-state index in [0.29, 0.717) is 27.1 Å². The van der Waals surface area contributed by atoms with Crippen molar-refractivity contribution in [1.29, 1.82) is 5.26 Å². The summed E-state index contributed by atoms with van der Waals surface area (Å²) >= 11 is 12.4. The van der Waals surface area contributed by atoms with Gasteiger partial charge in [-0.25, -0.2) is 4.68 Å². The molecular weight excluding hydrogens is 347 g/mol. The van der Waals surface area contributed by atoms with Crippen molar-refractivity contribution < 1.29 is 4.79 Å². The minimum Gasteiger partial charge on any atom is -0.349 e. The Morgan fingerprint density at radius 2 is 2.21 bits per heavy atom. The number of carbonyl (C=O) groups is 1. The second-order valence-corrected chi connectivity index (χ2v) is 6.39. The van der Waals surface area contributed by atoms with Crippen molar-refractivity contribution in [3.05, 3.63) is 51.3 Å². The highest BCUT2D eigenvalue weighted by molar-refractivity contribution is 6.32. The molecule has 5 nitrogen and oxygen atoms in total. The van der Waals surface area contributed by atoms with Gasteiger partial charge in [-0.2, -0.15) is 10.4 Å². The van der Waals surface area contributed by atoms with Gasteiger partial charge in [0.15, 0.2) is 0 Å². The molecule has 3 rings (SSSR count). The number of aryl methyl sites for hydroxylation is 1. The van der Waals surface area contributed by atoms with E-state index in [2.05, 4.69) is 10.4 Å². The summed E-state index contributed by atoms with van der Waals surface area (Å²) in [7, 11) is 0. The molecule has 0 saturated heterocycles. The van der Waals surface area contributed by atoms with Gasteiger partial charge >= 0.3 is 0 Å². The molecule has 24 heavy (non-hydrogen) atoms. The third-order valence-corrected chi connectivity index (χ3v) is 4.27. The smallest absolute Gasteiger partial charge is 0.262 e. The fourth-order valence-corrected chi connectivity index (χ4v) is 2.75. The first-order valence-corrected chi connectivity index (χ1v) is 8.19. The molecule has 1 aromatic heterocycles. The van der Waals surface area contributed by atoms with E-state index in [1.165, 1.54) is 10.8 Å². The van der Waals surface area contributed by atoms with Crippen LogP contribution in [0.1, 0.15) is 24.1 Å². The fourth-order valence-electron chi connectivity index (χ4n) is 2.24. The van der Waals surface area contributed by atoms with Gasteiger partial charge in [0.2, 0.25) is 0 Å². The maximum Gasteiger partial charge on any atom is 0.262 e. The van der Waals surface area contributed by atoms with Crippen LogP contribution in [-0.2, 0) is 4.79 Å². The zero-order valence-electron chi connectivity index (χ0n) is 12.9. The number of nitrogens with zero attached hydrogens (tertiary/aromatic N) is 3. The molecule has 1 aliphatic carbocycles. The molecule has 1 amide bonds. The Kier molecular flexibility index (Phi) is 4.61. The van der Waals surface area contributed by atoms with Crippen LogP contribution >= 0.6 is 23.2 Å². The number of carbonyl (C=O) groups excluding carboxylic acids is 1. The van der Waals surface area contributed by atoms with Crippen LogP contribution in [0.3, 0.4) is 0 Å². The molecule has 1 aliphatic rings. The minimum atomic E-state index is -0.383. The van der Waals surface area contributed by atoms with Crippen molar-refractivity contribution in [1.82, 2.24) is 15.1 Å². The number of hydrogen-bond acceptors (Lipinski definition) is 3. The molecule has 0 atom stereocenters. The average molecular weight is 361 g/mol. The molecule has 0 radical (unpaired) electrons. The Morgan fingerprint density at radius 3 is 2.83 bits per heavy atom. The maximum absolute atomic E-state index is 12.1. The number of hydrogen-bond donors (Lipinski definition) is 1. The van der Waals surface area contributed by atoms with Crippen LogP contribution in [-0.4, -0.2) is 21.7 Å². The van der Waals surface area contributed by atoms with E-state index in [9.17, 15) is 10.1 Å². The van der Waals surface area contributed by atoms with E-state index in [0.717, 1.165) is 12.8 Å². The lowest BCUT2D eigenvalue weighted by atomic mass is 10.1. The van der Waals surface area contributed by atoms with Gasteiger partial charge in [-0.3, -0.25) is 4.79 Å². The number of nitriles is 1. The highest BCUT2D eigenvalue weighted by atomic mass is 35.5. The summed E-state index contributed by atoms with van der Waals surface area (Å²) in [5.41, 5.74) is 1.87. The molecule has 2 aromatic rings. The van der Waals surface area contributed by atoms with Gasteiger partial charge in [-0.1, -0.05) is 29.3 Å². The van der Waals surface area contributed by atoms with Crippen LogP contribution in [0, 0.1) is 18.3 Å². The fraction of sp³-hybridized carbons (Fsp3) is 0.235. The van der Waals surface area contributed by atoms with Crippen molar-refractivity contribution >= 4 is 35.2 Å². The Hall–Kier alpha value is -2.29. The lowest BCUT2D eigenvalue weighted by molar-refractivity contribution is -0.117. The summed E-state index contributed by atoms with van der Waals surface area (Å²) < 4.78 is 1.53. The summed E-state index contributed by atoms with van der Waals surface area (Å²) in [6.07, 6.45) is 3.39. The summed E-state index contributed by atoms with van der Waals surface area (Å²) in [4.78, 5) is 12.1. The minimum absolute atomic E-state index is 0.0116. The number of amides is 1. The van der Waals surface area contributed by atoms with Gasteiger partial charge in [0, 0.05) is 16.6 Å². The van der Waals surface area contributed by atoms with E-state index >= 15 is 0 Å². The number of benzene rings is 1. The van der Waals surface area contributed by atoms with Gasteiger partial charge < -0.3 is 5.32 Å². The van der Waals surface area contributed by atoms with Crippen LogP contribution in [0.2, 0.25) is 10.2 Å². The van der Waals surface area contributed by atoms with E-state index in [1.54, 1.807) is 25.1 Å². The lowest BCUT2D eigenvalue weighted by Gasteiger charge is -2.04. The average Bonchev–Trinajstić information content (AvgIpc) is 3.31. The highest BCUT2D eigenvalue weighted by Gasteiger charge is 2.25. The molecule has 1 aromatic carbocycles. The zero-order chi connectivity index (χ0) is 17.3. The Balaban J connectivity index is 1.97. The van der Waals surface area contributed by atoms with E-state index in [1.807, 2.05) is 12.1 Å². The van der Waals surface area contributed by atoms with E-state index < -0.39 is 0 Å². The first-order chi connectivity index (χ1) is 11.5. The number of aromatic nitrogens is 2. The Labute approximate surface area is 149 Å². The Bertz CT molecular complexity index is 875. The van der Waals surface area contributed by atoms with Crippen molar-refractivity contribution in [3.8, 4) is 11.8 Å². The van der Waals surface area contributed by atoms with E-state index in [-0.39, 0.29) is 17.5 Å². The van der Waals surface area contributed by atoms with Gasteiger partial charge in [0.25, 0.3) is 5.91 Å². The van der Waals surface area contributed by atoms with E-state index in [4.69, 9.17) is 23.2 Å². The Morgan fingerprint density at radius 1 is 1.46 bits per heavy atom. The molecule has 1 saturated carbocycles. The molecule has 1 N–H and O–H groups in total. The predicted molar refractivity (Wildman–Crippen MR) is 93.1 cm³/mol. The first kappa shape index (κ1) is 16.6. The molecule has 7 heteroatoms. The molecule has 122 valence electrons. The second-order valence-electron chi connectivity index (χ2n) is 5.60. The molecule has 0 aliphatic heterocycles. The van der Waals surface area contributed by atoms with Crippen molar-refractivity contribution in [2.75, 3.05) is 0 Å². The van der Waals surface area contributed by atoms with Crippen LogP contribution in [0.25, 0.3) is 11.8 Å². The van der Waals surface area contributed by atoms with Crippen LogP contribution < -0.4 is 5.32 Å². The van der Waals surface area contributed by atoms with Gasteiger partial charge in [-0.05, 0) is 44.0 Å². The second kappa shape index (κ2) is 6.68. The third kappa shape index (κ3) is 3.45. The van der Waals surface area contributed by atoms with Crippen LogP contribution in [0.4, 0.5) is 0 Å². The number of halogens is 2. The van der Waals surface area contributed by atoms with Crippen LogP contribution in [0.15, 0.2) is 29.8 Å². The molecule has 1 heterocycles. The van der Waals surface area contributed by atoms with Crippen molar-refractivity contribution in [3.63, 3.8) is 0 Å². The summed E-state index contributed by atoms with van der Waals surface area (Å²) in [5, 5.41) is 17.3. The molecular formula is C17H14Cl2N4O. The van der Waals surface area contributed by atoms with Gasteiger partial charge in [-0.15, -0.1) is 0 Å². The third-order valence-electron chi connectivity index (χ3n) is 3.67. The zero-order valence-corrected chi connectivity index (χ0v) is 14.4. The summed E-state index contributed by atoms with van der Waals surface area (Å²) in [6, 6.07) is 9.22.